The van der Waals surface area contributed by atoms with Crippen molar-refractivity contribution in [2.24, 2.45) is 0 Å². The normalized spacial score (nSPS) is 14.8. The van der Waals surface area contributed by atoms with Gasteiger partial charge in [-0.2, -0.15) is 0 Å². The quantitative estimate of drug-likeness (QED) is 0.870. The molecule has 1 aromatic heterocycles. The van der Waals surface area contributed by atoms with E-state index in [0.29, 0.717) is 22.5 Å². The van der Waals surface area contributed by atoms with Gasteiger partial charge in [-0.3, -0.25) is 0 Å². The van der Waals surface area contributed by atoms with Crippen LogP contribution in [0.4, 0.5) is 5.13 Å². The molecule has 0 atom stereocenters. The fourth-order valence-electron chi connectivity index (χ4n) is 2.08. The van der Waals surface area contributed by atoms with E-state index in [0.717, 1.165) is 29.7 Å². The zero-order valence-corrected chi connectivity index (χ0v) is 14.0. The average Bonchev–Trinajstić information content (AvgIpc) is 3.13. The van der Waals surface area contributed by atoms with E-state index < -0.39 is 9.84 Å². The highest BCUT2D eigenvalue weighted by Crippen LogP contribution is 2.30. The molecule has 0 spiro atoms. The second kappa shape index (κ2) is 5.85. The summed E-state index contributed by atoms with van der Waals surface area (Å²) in [6, 6.07) is 5.90. The molecule has 1 aliphatic carbocycles. The van der Waals surface area contributed by atoms with E-state index in [1.165, 1.54) is 7.11 Å². The molecule has 3 rings (SSSR count). The molecule has 1 saturated carbocycles. The summed E-state index contributed by atoms with van der Waals surface area (Å²) >= 11 is 1.08. The van der Waals surface area contributed by atoms with Crippen LogP contribution in [0, 0.1) is 6.92 Å². The Kier molecular flexibility index (Phi) is 4.05. The summed E-state index contributed by atoms with van der Waals surface area (Å²) in [6.07, 6.45) is 2.20. The minimum atomic E-state index is -3.53. The number of nitrogens with one attached hydrogen (secondary N) is 1. The van der Waals surface area contributed by atoms with Gasteiger partial charge in [0.25, 0.3) is 0 Å². The number of aromatic nitrogens is 2. The van der Waals surface area contributed by atoms with Gasteiger partial charge in [-0.1, -0.05) is 29.0 Å². The fourth-order valence-corrected chi connectivity index (χ4v) is 4.48. The molecule has 22 heavy (non-hydrogen) atoms. The average molecular weight is 339 g/mol. The van der Waals surface area contributed by atoms with Gasteiger partial charge in [-0.05, 0) is 25.8 Å². The van der Waals surface area contributed by atoms with E-state index in [4.69, 9.17) is 4.74 Å². The summed E-state index contributed by atoms with van der Waals surface area (Å²) in [5.41, 5.74) is 1.62. The highest BCUT2D eigenvalue weighted by atomic mass is 32.2. The van der Waals surface area contributed by atoms with Gasteiger partial charge >= 0.3 is 0 Å². The standard InChI is InChI=1S/C14H17N3O3S2/c1-9-3-6-12(20-2)10(7-9)8-22(18,19)14-17-16-13(21-14)15-11-4-5-11/h3,6-7,11H,4-5,8H2,1-2H3,(H,15,16). The fraction of sp³-hybridized carbons (Fsp3) is 0.429. The van der Waals surface area contributed by atoms with Crippen LogP contribution in [0.5, 0.6) is 5.75 Å². The summed E-state index contributed by atoms with van der Waals surface area (Å²) in [4.78, 5) is 0. The maximum atomic E-state index is 12.5. The lowest BCUT2D eigenvalue weighted by molar-refractivity contribution is 0.411. The smallest absolute Gasteiger partial charge is 0.234 e. The third kappa shape index (κ3) is 3.38. The van der Waals surface area contributed by atoms with Gasteiger partial charge in [0.15, 0.2) is 0 Å². The molecule has 1 aromatic carbocycles. The predicted molar refractivity (Wildman–Crippen MR) is 85.2 cm³/mol. The zero-order chi connectivity index (χ0) is 15.7. The first-order valence-corrected chi connectivity index (χ1v) is 9.41. The summed E-state index contributed by atoms with van der Waals surface area (Å²) in [7, 11) is -2.00. The highest BCUT2D eigenvalue weighted by molar-refractivity contribution is 7.92. The Hall–Kier alpha value is -1.67. The number of anilines is 1. The molecule has 0 bridgehead atoms. The number of aryl methyl sites for hydroxylation is 1. The summed E-state index contributed by atoms with van der Waals surface area (Å²) in [5, 5.41) is 11.5. The lowest BCUT2D eigenvalue weighted by atomic mass is 10.1. The first kappa shape index (κ1) is 15.2. The summed E-state index contributed by atoms with van der Waals surface area (Å²) in [6.45, 7) is 1.91. The number of nitrogens with zero attached hydrogens (tertiary/aromatic N) is 2. The minimum absolute atomic E-state index is 0.0409. The van der Waals surface area contributed by atoms with Crippen molar-refractivity contribution in [2.45, 2.75) is 35.9 Å². The molecule has 1 heterocycles. The van der Waals surface area contributed by atoms with Crippen molar-refractivity contribution >= 4 is 26.3 Å². The highest BCUT2D eigenvalue weighted by Gasteiger charge is 2.26. The molecule has 1 aliphatic rings. The SMILES string of the molecule is COc1ccc(C)cc1CS(=O)(=O)c1nnc(NC2CC2)s1. The Morgan fingerprint density at radius 1 is 1.36 bits per heavy atom. The van der Waals surface area contributed by atoms with E-state index in [1.54, 1.807) is 6.07 Å². The number of benzene rings is 1. The molecular formula is C14H17N3O3S2. The number of sulfone groups is 1. The van der Waals surface area contributed by atoms with Crippen molar-refractivity contribution < 1.29 is 13.2 Å². The van der Waals surface area contributed by atoms with Crippen LogP contribution in [0.3, 0.4) is 0 Å². The molecule has 2 aromatic rings. The first-order valence-electron chi connectivity index (χ1n) is 6.94. The van der Waals surface area contributed by atoms with Gasteiger partial charge in [-0.25, -0.2) is 8.42 Å². The van der Waals surface area contributed by atoms with Crippen LogP contribution >= 0.6 is 11.3 Å². The Labute approximate surface area is 133 Å². The summed E-state index contributed by atoms with van der Waals surface area (Å²) in [5.74, 6) is 0.422. The van der Waals surface area contributed by atoms with Crippen LogP contribution in [-0.2, 0) is 15.6 Å². The van der Waals surface area contributed by atoms with Crippen LogP contribution in [0.15, 0.2) is 22.5 Å². The van der Waals surface area contributed by atoms with Crippen molar-refractivity contribution in [1.29, 1.82) is 0 Å². The first-order chi connectivity index (χ1) is 10.5. The lowest BCUT2D eigenvalue weighted by Crippen LogP contribution is -2.06. The molecule has 0 radical (unpaired) electrons. The van der Waals surface area contributed by atoms with Crippen LogP contribution < -0.4 is 10.1 Å². The van der Waals surface area contributed by atoms with Crippen molar-refractivity contribution in [3.05, 3.63) is 29.3 Å². The monoisotopic (exact) mass is 339 g/mol. The maximum Gasteiger partial charge on any atom is 0.234 e. The van der Waals surface area contributed by atoms with E-state index >= 15 is 0 Å². The largest absolute Gasteiger partial charge is 0.496 e. The van der Waals surface area contributed by atoms with Crippen molar-refractivity contribution in [3.63, 3.8) is 0 Å². The number of rotatable bonds is 6. The summed E-state index contributed by atoms with van der Waals surface area (Å²) < 4.78 is 30.3. The van der Waals surface area contributed by atoms with Crippen molar-refractivity contribution in [2.75, 3.05) is 12.4 Å². The van der Waals surface area contributed by atoms with Gasteiger partial charge in [0.2, 0.25) is 19.3 Å². The number of hydrogen-bond acceptors (Lipinski definition) is 7. The Morgan fingerprint density at radius 3 is 2.82 bits per heavy atom. The Morgan fingerprint density at radius 2 is 2.14 bits per heavy atom. The van der Waals surface area contributed by atoms with Gasteiger partial charge in [0, 0.05) is 11.6 Å². The zero-order valence-electron chi connectivity index (χ0n) is 12.4. The van der Waals surface area contributed by atoms with Crippen LogP contribution in [0.1, 0.15) is 24.0 Å². The van der Waals surface area contributed by atoms with Crippen LogP contribution in [0.2, 0.25) is 0 Å². The Bertz CT molecular complexity index is 782. The van der Waals surface area contributed by atoms with Crippen molar-refractivity contribution in [3.8, 4) is 5.75 Å². The second-order valence-electron chi connectivity index (χ2n) is 5.37. The third-order valence-electron chi connectivity index (χ3n) is 3.36. The molecule has 118 valence electrons. The van der Waals surface area contributed by atoms with E-state index in [-0.39, 0.29) is 10.1 Å². The molecule has 0 amide bonds. The number of ether oxygens (including phenoxy) is 1. The van der Waals surface area contributed by atoms with Crippen LogP contribution in [-0.4, -0.2) is 31.8 Å². The molecular weight excluding hydrogens is 322 g/mol. The molecule has 6 nitrogen and oxygen atoms in total. The second-order valence-corrected chi connectivity index (χ2v) is 8.51. The predicted octanol–water partition coefficient (Wildman–Crippen LogP) is 2.40. The number of hydrogen-bond donors (Lipinski definition) is 1. The molecule has 1 fully saturated rings. The third-order valence-corrected chi connectivity index (χ3v) is 6.32. The topological polar surface area (TPSA) is 81.2 Å². The van der Waals surface area contributed by atoms with Gasteiger partial charge in [0.05, 0.1) is 12.9 Å². The Balaban J connectivity index is 1.83. The van der Waals surface area contributed by atoms with Gasteiger partial charge < -0.3 is 10.1 Å². The molecule has 0 aliphatic heterocycles. The van der Waals surface area contributed by atoms with Gasteiger partial charge in [0.1, 0.15) is 5.75 Å². The van der Waals surface area contributed by atoms with E-state index in [9.17, 15) is 8.42 Å². The van der Waals surface area contributed by atoms with Crippen LogP contribution in [0.25, 0.3) is 0 Å². The maximum absolute atomic E-state index is 12.5. The van der Waals surface area contributed by atoms with E-state index in [2.05, 4.69) is 15.5 Å². The molecule has 1 N–H and O–H groups in total. The van der Waals surface area contributed by atoms with Crippen molar-refractivity contribution in [1.82, 2.24) is 10.2 Å². The molecule has 0 saturated heterocycles. The number of methoxy groups -OCH3 is 1. The minimum Gasteiger partial charge on any atom is -0.496 e. The molecule has 8 heteroatoms. The van der Waals surface area contributed by atoms with E-state index in [1.807, 2.05) is 19.1 Å². The van der Waals surface area contributed by atoms with Gasteiger partial charge in [-0.15, -0.1) is 10.2 Å². The lowest BCUT2D eigenvalue weighted by Gasteiger charge is -2.08. The molecule has 0 unspecified atom stereocenters.